The van der Waals surface area contributed by atoms with Crippen LogP contribution in [0.4, 0.5) is 0 Å². The first kappa shape index (κ1) is 18.6. The lowest BCUT2D eigenvalue weighted by atomic mass is 10.0. The van der Waals surface area contributed by atoms with Crippen molar-refractivity contribution in [3.05, 3.63) is 101 Å². The third-order valence-corrected chi connectivity index (χ3v) is 5.56. The van der Waals surface area contributed by atoms with Gasteiger partial charge in [0.25, 0.3) is 0 Å². The van der Waals surface area contributed by atoms with E-state index in [0.29, 0.717) is 22.9 Å². The lowest BCUT2D eigenvalue weighted by molar-refractivity contribution is 0.334. The standard InChI is InChI=1S/C24H19ClN4O/c1-16-10-12-17(13-11-16)14-23(29-22-9-5-4-8-20(22)26-28-29)24-15-21(27-30-24)18-6-2-3-7-19(18)25/h2-13,15,23H,14H2,1H3. The molecule has 0 aliphatic rings. The van der Waals surface area contributed by atoms with Crippen molar-refractivity contribution in [1.82, 2.24) is 20.2 Å². The highest BCUT2D eigenvalue weighted by Gasteiger charge is 2.24. The Morgan fingerprint density at radius 3 is 2.57 bits per heavy atom. The lowest BCUT2D eigenvalue weighted by Gasteiger charge is -2.15. The van der Waals surface area contributed by atoms with E-state index in [1.165, 1.54) is 11.1 Å². The number of fused-ring (bicyclic) bond motifs is 1. The van der Waals surface area contributed by atoms with Gasteiger partial charge in [-0.25, -0.2) is 4.68 Å². The minimum atomic E-state index is -0.191. The predicted molar refractivity (Wildman–Crippen MR) is 117 cm³/mol. The average Bonchev–Trinajstić information content (AvgIpc) is 3.41. The Morgan fingerprint density at radius 2 is 1.73 bits per heavy atom. The summed E-state index contributed by atoms with van der Waals surface area (Å²) in [6.45, 7) is 2.08. The number of halogens is 1. The smallest absolute Gasteiger partial charge is 0.162 e. The van der Waals surface area contributed by atoms with E-state index in [9.17, 15) is 0 Å². The second kappa shape index (κ2) is 7.76. The van der Waals surface area contributed by atoms with Gasteiger partial charge in [-0.2, -0.15) is 0 Å². The molecular weight excluding hydrogens is 396 g/mol. The molecule has 0 bridgehead atoms. The second-order valence-electron chi connectivity index (χ2n) is 7.32. The summed E-state index contributed by atoms with van der Waals surface area (Å²) in [7, 11) is 0. The first-order valence-electron chi connectivity index (χ1n) is 9.76. The van der Waals surface area contributed by atoms with E-state index < -0.39 is 0 Å². The van der Waals surface area contributed by atoms with Gasteiger partial charge in [0.1, 0.15) is 17.3 Å². The van der Waals surface area contributed by atoms with Gasteiger partial charge in [0.2, 0.25) is 0 Å². The minimum absolute atomic E-state index is 0.191. The molecule has 5 aromatic rings. The summed E-state index contributed by atoms with van der Waals surface area (Å²) in [5.41, 5.74) is 5.74. The van der Waals surface area contributed by atoms with Crippen LogP contribution in [0.3, 0.4) is 0 Å². The van der Waals surface area contributed by atoms with Gasteiger partial charge in [-0.3, -0.25) is 0 Å². The molecule has 3 aromatic carbocycles. The molecular formula is C24H19ClN4O. The number of aryl methyl sites for hydroxylation is 1. The zero-order valence-corrected chi connectivity index (χ0v) is 17.1. The molecule has 0 N–H and O–H groups in total. The summed E-state index contributed by atoms with van der Waals surface area (Å²) < 4.78 is 7.72. The van der Waals surface area contributed by atoms with Crippen LogP contribution in [-0.4, -0.2) is 20.2 Å². The Hall–Kier alpha value is -3.44. The number of hydrogen-bond donors (Lipinski definition) is 0. The van der Waals surface area contributed by atoms with Crippen LogP contribution in [0.15, 0.2) is 83.4 Å². The average molecular weight is 415 g/mol. The number of nitrogens with zero attached hydrogens (tertiary/aromatic N) is 4. The molecule has 5 nitrogen and oxygen atoms in total. The number of hydrogen-bond acceptors (Lipinski definition) is 4. The van der Waals surface area contributed by atoms with Crippen molar-refractivity contribution in [2.45, 2.75) is 19.4 Å². The topological polar surface area (TPSA) is 56.7 Å². The van der Waals surface area contributed by atoms with Gasteiger partial charge >= 0.3 is 0 Å². The highest BCUT2D eigenvalue weighted by Crippen LogP contribution is 2.32. The second-order valence-corrected chi connectivity index (χ2v) is 7.73. The molecule has 30 heavy (non-hydrogen) atoms. The molecule has 0 amide bonds. The highest BCUT2D eigenvalue weighted by molar-refractivity contribution is 6.33. The van der Waals surface area contributed by atoms with Gasteiger partial charge in [-0.15, -0.1) is 5.10 Å². The van der Waals surface area contributed by atoms with Crippen molar-refractivity contribution >= 4 is 22.6 Å². The molecule has 2 heterocycles. The van der Waals surface area contributed by atoms with E-state index in [-0.39, 0.29) is 6.04 Å². The summed E-state index contributed by atoms with van der Waals surface area (Å²) in [5, 5.41) is 13.7. The van der Waals surface area contributed by atoms with Crippen LogP contribution < -0.4 is 0 Å². The number of rotatable bonds is 5. The molecule has 0 radical (unpaired) electrons. The number of benzene rings is 3. The van der Waals surface area contributed by atoms with E-state index in [1.807, 2.05) is 59.3 Å². The molecule has 1 unspecified atom stereocenters. The SMILES string of the molecule is Cc1ccc(CC(c2cc(-c3ccccc3Cl)no2)n2nnc3ccccc32)cc1. The third kappa shape index (κ3) is 3.48. The van der Waals surface area contributed by atoms with Crippen LogP contribution >= 0.6 is 11.6 Å². The van der Waals surface area contributed by atoms with Crippen molar-refractivity contribution in [3.63, 3.8) is 0 Å². The van der Waals surface area contributed by atoms with Gasteiger partial charge < -0.3 is 4.52 Å². The van der Waals surface area contributed by atoms with E-state index in [1.54, 1.807) is 0 Å². The zero-order valence-electron chi connectivity index (χ0n) is 16.4. The fraction of sp³-hybridized carbons (Fsp3) is 0.125. The molecule has 0 saturated carbocycles. The van der Waals surface area contributed by atoms with Crippen LogP contribution in [0, 0.1) is 6.92 Å². The van der Waals surface area contributed by atoms with Crippen molar-refractivity contribution in [2.75, 3.05) is 0 Å². The Balaban J connectivity index is 1.59. The number of para-hydroxylation sites is 1. The summed E-state index contributed by atoms with van der Waals surface area (Å²) >= 11 is 6.36. The van der Waals surface area contributed by atoms with Crippen LogP contribution in [-0.2, 0) is 6.42 Å². The molecule has 2 aromatic heterocycles. The maximum atomic E-state index is 6.36. The third-order valence-electron chi connectivity index (χ3n) is 5.23. The Bertz CT molecular complexity index is 1310. The van der Waals surface area contributed by atoms with E-state index in [4.69, 9.17) is 16.1 Å². The molecule has 6 heteroatoms. The van der Waals surface area contributed by atoms with E-state index in [0.717, 1.165) is 16.6 Å². The normalized spacial score (nSPS) is 12.3. The summed E-state index contributed by atoms with van der Waals surface area (Å²) in [6.07, 6.45) is 0.699. The van der Waals surface area contributed by atoms with E-state index in [2.05, 4.69) is 46.7 Å². The number of aromatic nitrogens is 4. The molecule has 148 valence electrons. The molecule has 0 aliphatic carbocycles. The maximum Gasteiger partial charge on any atom is 0.162 e. The van der Waals surface area contributed by atoms with Crippen LogP contribution in [0.5, 0.6) is 0 Å². The largest absolute Gasteiger partial charge is 0.358 e. The molecule has 0 saturated heterocycles. The lowest BCUT2D eigenvalue weighted by Crippen LogP contribution is -2.14. The monoisotopic (exact) mass is 414 g/mol. The fourth-order valence-corrected chi connectivity index (χ4v) is 3.85. The molecule has 5 rings (SSSR count). The molecule has 0 aliphatic heterocycles. The first-order chi connectivity index (χ1) is 14.7. The summed E-state index contributed by atoms with van der Waals surface area (Å²) in [4.78, 5) is 0. The van der Waals surface area contributed by atoms with Crippen molar-refractivity contribution in [3.8, 4) is 11.3 Å². The van der Waals surface area contributed by atoms with Gasteiger partial charge in [-0.05, 0) is 30.7 Å². The van der Waals surface area contributed by atoms with Gasteiger partial charge in [-0.1, -0.05) is 82.1 Å². The van der Waals surface area contributed by atoms with Crippen molar-refractivity contribution in [2.24, 2.45) is 0 Å². The highest BCUT2D eigenvalue weighted by atomic mass is 35.5. The summed E-state index contributed by atoms with van der Waals surface area (Å²) in [6, 6.07) is 25.8. The van der Waals surface area contributed by atoms with Crippen LogP contribution in [0.1, 0.15) is 22.9 Å². The van der Waals surface area contributed by atoms with E-state index >= 15 is 0 Å². The van der Waals surface area contributed by atoms with Crippen LogP contribution in [0.25, 0.3) is 22.3 Å². The fourth-order valence-electron chi connectivity index (χ4n) is 3.61. The molecule has 0 spiro atoms. The van der Waals surface area contributed by atoms with Gasteiger partial charge in [0.05, 0.1) is 10.5 Å². The Kier molecular flexibility index (Phi) is 4.81. The van der Waals surface area contributed by atoms with Crippen molar-refractivity contribution in [1.29, 1.82) is 0 Å². The summed E-state index contributed by atoms with van der Waals surface area (Å²) in [5.74, 6) is 0.709. The Labute approximate surface area is 178 Å². The van der Waals surface area contributed by atoms with Gasteiger partial charge in [0.15, 0.2) is 5.76 Å². The quantitative estimate of drug-likeness (QED) is 0.360. The zero-order chi connectivity index (χ0) is 20.5. The van der Waals surface area contributed by atoms with Crippen molar-refractivity contribution < 1.29 is 4.52 Å². The minimum Gasteiger partial charge on any atom is -0.358 e. The molecule has 0 fully saturated rings. The maximum absolute atomic E-state index is 6.36. The van der Waals surface area contributed by atoms with Crippen LogP contribution in [0.2, 0.25) is 5.02 Å². The van der Waals surface area contributed by atoms with Gasteiger partial charge in [0, 0.05) is 18.1 Å². The first-order valence-corrected chi connectivity index (χ1v) is 10.1. The molecule has 1 atom stereocenters. The predicted octanol–water partition coefficient (Wildman–Crippen LogP) is 5.88. The Morgan fingerprint density at radius 1 is 0.967 bits per heavy atom.